The number of nitrogens with zero attached hydrogens (tertiary/aromatic N) is 10. The number of nitrogens with two attached hydrogens (primary N) is 4. The Kier molecular flexibility index (Phi) is 7.22. The molecule has 212 valence electrons. The highest BCUT2D eigenvalue weighted by Crippen LogP contribution is 2.10. The first-order chi connectivity index (χ1) is 20.3. The van der Waals surface area contributed by atoms with E-state index in [9.17, 15) is 9.59 Å². The average molecular weight is 573 g/mol. The third-order valence-electron chi connectivity index (χ3n) is 5.13. The zero-order valence-electron chi connectivity index (χ0n) is 21.1. The lowest BCUT2D eigenvalue weighted by molar-refractivity contribution is 1.17. The zero-order chi connectivity index (χ0) is 29.6. The monoisotopic (exact) mass is 572 g/mol. The number of hydrogen-bond acceptors (Lipinski definition) is 16. The molecule has 22 heteroatoms. The van der Waals surface area contributed by atoms with Crippen LogP contribution in [-0.2, 0) is 0 Å². The molecule has 0 saturated heterocycles. The number of nitrogens with one attached hydrogen (secondary N) is 6. The first-order valence-corrected chi connectivity index (χ1v) is 11.5. The summed E-state index contributed by atoms with van der Waals surface area (Å²) >= 11 is 0. The predicted molar refractivity (Wildman–Crippen MR) is 150 cm³/mol. The van der Waals surface area contributed by atoms with Gasteiger partial charge in [0.15, 0.2) is 45.3 Å². The number of aromatic amines is 6. The molecule has 0 unspecified atom stereocenters. The minimum atomic E-state index is -0.301. The van der Waals surface area contributed by atoms with Crippen LogP contribution in [0.1, 0.15) is 0 Å². The SMILES string of the molecule is Nc1nc2nc[nH]c2c(=O)[nH]1.Nc1nc2nc[nH]c2c(=O)[nH]1.Nc1ncnc2nc[nH]c12.Nc1ncnc2nc[nH]c12. The van der Waals surface area contributed by atoms with Crippen LogP contribution in [0.2, 0.25) is 0 Å². The number of nitrogen functional groups attached to an aromatic ring is 4. The first kappa shape index (κ1) is 26.6. The van der Waals surface area contributed by atoms with Crippen LogP contribution in [0.4, 0.5) is 23.5 Å². The van der Waals surface area contributed by atoms with Crippen molar-refractivity contribution < 1.29 is 0 Å². The molecule has 0 aliphatic rings. The summed E-state index contributed by atoms with van der Waals surface area (Å²) in [5, 5.41) is 0. The van der Waals surface area contributed by atoms with Gasteiger partial charge in [0.1, 0.15) is 23.7 Å². The molecule has 0 aliphatic heterocycles. The van der Waals surface area contributed by atoms with Crippen molar-refractivity contribution in [3.63, 3.8) is 0 Å². The maximum atomic E-state index is 11.0. The van der Waals surface area contributed by atoms with Crippen LogP contribution in [0, 0.1) is 0 Å². The van der Waals surface area contributed by atoms with Gasteiger partial charge >= 0.3 is 0 Å². The van der Waals surface area contributed by atoms with E-state index in [0.29, 0.717) is 56.3 Å². The van der Waals surface area contributed by atoms with E-state index < -0.39 is 0 Å². The Balaban J connectivity index is 0.000000112. The predicted octanol–water partition coefficient (Wildman–Crippen LogP) is -1.67. The second-order valence-corrected chi connectivity index (χ2v) is 7.82. The summed E-state index contributed by atoms with van der Waals surface area (Å²) in [4.78, 5) is 75.8. The molecular weight excluding hydrogens is 552 g/mol. The molecular formula is C20H20N20O2. The average Bonchev–Trinajstić information content (AvgIpc) is 3.77. The highest BCUT2D eigenvalue weighted by Gasteiger charge is 2.03. The number of imidazole rings is 4. The number of rotatable bonds is 0. The van der Waals surface area contributed by atoms with Crippen LogP contribution in [0.3, 0.4) is 0 Å². The van der Waals surface area contributed by atoms with Crippen molar-refractivity contribution in [1.29, 1.82) is 0 Å². The molecule has 8 rings (SSSR count). The molecule has 14 N–H and O–H groups in total. The Morgan fingerprint density at radius 2 is 0.810 bits per heavy atom. The Bertz CT molecular complexity index is 2060. The van der Waals surface area contributed by atoms with E-state index in [1.54, 1.807) is 0 Å². The standard InChI is InChI=1S/2C5H5N5O.2C5H5N5/c2*6-5-9-3-2(4(11)10-5)7-1-8-3;2*6-4-3-5(9-1-7-3)10-2-8-4/h2*1H,(H4,6,7,8,9,10,11);2*1-2H,(H3,6,7,8,9,10). The molecule has 8 aromatic rings. The van der Waals surface area contributed by atoms with E-state index in [-0.39, 0.29) is 23.0 Å². The first-order valence-electron chi connectivity index (χ1n) is 11.5. The van der Waals surface area contributed by atoms with Gasteiger partial charge in [-0.25, -0.2) is 39.9 Å². The van der Waals surface area contributed by atoms with Gasteiger partial charge in [0.25, 0.3) is 11.1 Å². The fourth-order valence-electron chi connectivity index (χ4n) is 3.29. The summed E-state index contributed by atoms with van der Waals surface area (Å²) in [6, 6.07) is 0. The minimum Gasteiger partial charge on any atom is -0.382 e. The normalized spacial score (nSPS) is 10.5. The van der Waals surface area contributed by atoms with E-state index in [2.05, 4.69) is 79.7 Å². The van der Waals surface area contributed by atoms with Gasteiger partial charge in [0, 0.05) is 0 Å². The van der Waals surface area contributed by atoms with Crippen LogP contribution < -0.4 is 34.1 Å². The molecule has 8 aromatic heterocycles. The Hall–Kier alpha value is -7.00. The third kappa shape index (κ3) is 5.70. The maximum absolute atomic E-state index is 11.0. The van der Waals surface area contributed by atoms with E-state index in [4.69, 9.17) is 22.9 Å². The molecule has 22 nitrogen and oxygen atoms in total. The highest BCUT2D eigenvalue weighted by molar-refractivity contribution is 5.80. The largest absolute Gasteiger partial charge is 0.382 e. The van der Waals surface area contributed by atoms with Gasteiger partial charge in [-0.3, -0.25) is 19.6 Å². The third-order valence-corrected chi connectivity index (χ3v) is 5.13. The van der Waals surface area contributed by atoms with Crippen molar-refractivity contribution in [1.82, 2.24) is 79.7 Å². The lowest BCUT2D eigenvalue weighted by Gasteiger charge is -1.89. The smallest absolute Gasteiger partial charge is 0.278 e. The molecule has 0 fully saturated rings. The molecule has 8 heterocycles. The lowest BCUT2D eigenvalue weighted by atomic mass is 10.5. The van der Waals surface area contributed by atoms with Gasteiger partial charge in [-0.05, 0) is 0 Å². The number of anilines is 4. The van der Waals surface area contributed by atoms with Gasteiger partial charge in [0.2, 0.25) is 11.9 Å². The molecule has 0 amide bonds. The molecule has 0 aromatic carbocycles. The Labute approximate surface area is 230 Å². The van der Waals surface area contributed by atoms with Gasteiger partial charge in [-0.15, -0.1) is 0 Å². The fourth-order valence-corrected chi connectivity index (χ4v) is 3.29. The molecule has 0 bridgehead atoms. The summed E-state index contributed by atoms with van der Waals surface area (Å²) in [6.07, 6.45) is 8.64. The minimum absolute atomic E-state index is 0.0783. The topological polar surface area (TPSA) is 362 Å². The molecule has 0 spiro atoms. The van der Waals surface area contributed by atoms with E-state index >= 15 is 0 Å². The zero-order valence-corrected chi connectivity index (χ0v) is 21.1. The highest BCUT2D eigenvalue weighted by atomic mass is 16.1. The summed E-state index contributed by atoms with van der Waals surface area (Å²) in [5.41, 5.74) is 24.9. The molecule has 0 aliphatic carbocycles. The van der Waals surface area contributed by atoms with Crippen molar-refractivity contribution in [3.8, 4) is 0 Å². The van der Waals surface area contributed by atoms with Crippen LogP contribution >= 0.6 is 0 Å². The van der Waals surface area contributed by atoms with Gasteiger partial charge in [-0.1, -0.05) is 0 Å². The maximum Gasteiger partial charge on any atom is 0.278 e. The number of hydrogen-bond donors (Lipinski definition) is 10. The van der Waals surface area contributed by atoms with Crippen LogP contribution in [-0.4, -0.2) is 79.7 Å². The van der Waals surface area contributed by atoms with Crippen LogP contribution in [0.5, 0.6) is 0 Å². The van der Waals surface area contributed by atoms with E-state index in [1.807, 2.05) is 0 Å². The Morgan fingerprint density at radius 3 is 1.19 bits per heavy atom. The molecule has 0 atom stereocenters. The quantitative estimate of drug-likeness (QED) is 0.0969. The summed E-state index contributed by atoms with van der Waals surface area (Å²) in [7, 11) is 0. The van der Waals surface area contributed by atoms with Crippen molar-refractivity contribution in [2.75, 3.05) is 22.9 Å². The van der Waals surface area contributed by atoms with Gasteiger partial charge < -0.3 is 42.9 Å². The molecule has 0 saturated carbocycles. The summed E-state index contributed by atoms with van der Waals surface area (Å²) in [5.74, 6) is 1.02. The lowest BCUT2D eigenvalue weighted by Crippen LogP contribution is -2.10. The Morgan fingerprint density at radius 1 is 0.452 bits per heavy atom. The number of fused-ring (bicyclic) bond motifs is 4. The fraction of sp³-hybridized carbons (Fsp3) is 0. The second-order valence-electron chi connectivity index (χ2n) is 7.82. The molecule has 0 radical (unpaired) electrons. The van der Waals surface area contributed by atoms with Gasteiger partial charge in [-0.2, -0.15) is 9.97 Å². The summed E-state index contributed by atoms with van der Waals surface area (Å²) < 4.78 is 0. The second kappa shape index (κ2) is 11.4. The summed E-state index contributed by atoms with van der Waals surface area (Å²) in [6.45, 7) is 0. The van der Waals surface area contributed by atoms with E-state index in [0.717, 1.165) is 0 Å². The van der Waals surface area contributed by atoms with Gasteiger partial charge in [0.05, 0.1) is 25.3 Å². The number of H-pyrrole nitrogens is 6. The van der Waals surface area contributed by atoms with Crippen molar-refractivity contribution in [2.24, 2.45) is 0 Å². The van der Waals surface area contributed by atoms with Crippen LogP contribution in [0.25, 0.3) is 44.7 Å². The van der Waals surface area contributed by atoms with Crippen LogP contribution in [0.15, 0.2) is 47.6 Å². The number of aromatic nitrogens is 16. The van der Waals surface area contributed by atoms with Crippen molar-refractivity contribution in [3.05, 3.63) is 58.7 Å². The molecule has 42 heavy (non-hydrogen) atoms. The van der Waals surface area contributed by atoms with Crippen molar-refractivity contribution >= 4 is 68.2 Å². The van der Waals surface area contributed by atoms with E-state index in [1.165, 1.54) is 38.0 Å². The van der Waals surface area contributed by atoms with Crippen molar-refractivity contribution in [2.45, 2.75) is 0 Å².